The van der Waals surface area contributed by atoms with Gasteiger partial charge in [0.15, 0.2) is 0 Å². The minimum Gasteiger partial charge on any atom is -0.343 e. The zero-order valence-electron chi connectivity index (χ0n) is 19.0. The molecule has 1 N–H and O–H groups in total. The average molecular weight is 433 g/mol. The first-order chi connectivity index (χ1) is 15.5. The van der Waals surface area contributed by atoms with Gasteiger partial charge in [0, 0.05) is 37.8 Å². The number of amides is 3. The van der Waals surface area contributed by atoms with Gasteiger partial charge in [0.25, 0.3) is 0 Å². The molecule has 0 radical (unpaired) electrons. The summed E-state index contributed by atoms with van der Waals surface area (Å²) < 4.78 is 0. The molecule has 168 valence electrons. The summed E-state index contributed by atoms with van der Waals surface area (Å²) in [4.78, 5) is 29.2. The highest BCUT2D eigenvalue weighted by atomic mass is 16.2. The molecule has 1 saturated heterocycles. The molecule has 32 heavy (non-hydrogen) atoms. The molecule has 3 rings (SSSR count). The van der Waals surface area contributed by atoms with Crippen LogP contribution in [0.15, 0.2) is 54.6 Å². The van der Waals surface area contributed by atoms with E-state index in [1.54, 1.807) is 29.2 Å². The van der Waals surface area contributed by atoms with E-state index in [4.69, 9.17) is 5.26 Å². The van der Waals surface area contributed by atoms with Crippen molar-refractivity contribution in [3.05, 3.63) is 65.7 Å². The van der Waals surface area contributed by atoms with Crippen LogP contribution in [0.5, 0.6) is 0 Å². The van der Waals surface area contributed by atoms with Crippen molar-refractivity contribution in [3.8, 4) is 6.07 Å². The van der Waals surface area contributed by atoms with Gasteiger partial charge in [-0.2, -0.15) is 5.26 Å². The highest BCUT2D eigenvalue weighted by Crippen LogP contribution is 2.22. The number of hydrogen-bond acceptors (Lipinski definition) is 3. The monoisotopic (exact) mass is 432 g/mol. The van der Waals surface area contributed by atoms with Gasteiger partial charge in [-0.05, 0) is 62.8 Å². The third kappa shape index (κ3) is 6.58. The molecule has 0 saturated carbocycles. The largest absolute Gasteiger partial charge is 0.343 e. The van der Waals surface area contributed by atoms with Gasteiger partial charge in [-0.1, -0.05) is 36.4 Å². The first-order valence-corrected chi connectivity index (χ1v) is 11.4. The van der Waals surface area contributed by atoms with Crippen LogP contribution in [-0.2, 0) is 11.2 Å². The van der Waals surface area contributed by atoms with E-state index in [2.05, 4.69) is 35.7 Å². The van der Waals surface area contributed by atoms with E-state index >= 15 is 0 Å². The number of carbonyl (C=O) groups excluding carboxylic acids is 2. The molecule has 1 aliphatic rings. The SMILES string of the molecule is CC(C)N(CCC(=O)N1CCC(Cc2ccccc2)CC1)C(=O)Nc1cccc(C#N)c1. The number of likely N-dealkylation sites (tertiary alicyclic amines) is 1. The molecule has 0 unspecified atom stereocenters. The number of nitriles is 1. The first kappa shape index (κ1) is 23.3. The number of rotatable bonds is 7. The van der Waals surface area contributed by atoms with Crippen molar-refractivity contribution in [2.75, 3.05) is 25.0 Å². The summed E-state index contributed by atoms with van der Waals surface area (Å²) >= 11 is 0. The van der Waals surface area contributed by atoms with E-state index in [0.29, 0.717) is 30.1 Å². The molecule has 1 fully saturated rings. The summed E-state index contributed by atoms with van der Waals surface area (Å²) in [5, 5.41) is 11.9. The van der Waals surface area contributed by atoms with Crippen LogP contribution in [0, 0.1) is 17.2 Å². The van der Waals surface area contributed by atoms with Crippen molar-refractivity contribution >= 4 is 17.6 Å². The van der Waals surface area contributed by atoms with E-state index in [1.807, 2.05) is 24.8 Å². The Labute approximate surface area is 190 Å². The minimum atomic E-state index is -0.260. The summed E-state index contributed by atoms with van der Waals surface area (Å²) in [6.07, 6.45) is 3.42. The second kappa shape index (κ2) is 11.3. The molecule has 0 bridgehead atoms. The van der Waals surface area contributed by atoms with Gasteiger partial charge in [-0.25, -0.2) is 4.79 Å². The smallest absolute Gasteiger partial charge is 0.322 e. The fourth-order valence-corrected chi connectivity index (χ4v) is 4.16. The Bertz CT molecular complexity index is 944. The van der Waals surface area contributed by atoms with E-state index in [0.717, 1.165) is 32.4 Å². The molecule has 0 aliphatic carbocycles. The molecule has 6 heteroatoms. The lowest BCUT2D eigenvalue weighted by atomic mass is 9.90. The summed E-state index contributed by atoms with van der Waals surface area (Å²) in [5.41, 5.74) is 2.42. The quantitative estimate of drug-likeness (QED) is 0.691. The summed E-state index contributed by atoms with van der Waals surface area (Å²) in [5.74, 6) is 0.719. The number of nitrogens with zero attached hydrogens (tertiary/aromatic N) is 3. The number of urea groups is 1. The molecule has 2 aromatic rings. The lowest BCUT2D eigenvalue weighted by molar-refractivity contribution is -0.132. The first-order valence-electron chi connectivity index (χ1n) is 11.4. The van der Waals surface area contributed by atoms with Crippen LogP contribution in [0.25, 0.3) is 0 Å². The summed E-state index contributed by atoms with van der Waals surface area (Å²) in [7, 11) is 0. The van der Waals surface area contributed by atoms with Gasteiger partial charge < -0.3 is 15.1 Å². The van der Waals surface area contributed by atoms with Crippen LogP contribution < -0.4 is 5.32 Å². The Hall–Kier alpha value is -3.33. The van der Waals surface area contributed by atoms with E-state index in [1.165, 1.54) is 5.56 Å². The highest BCUT2D eigenvalue weighted by Gasteiger charge is 2.24. The maximum atomic E-state index is 12.8. The molecule has 6 nitrogen and oxygen atoms in total. The molecule has 3 amide bonds. The van der Waals surface area contributed by atoms with E-state index in [9.17, 15) is 9.59 Å². The highest BCUT2D eigenvalue weighted by molar-refractivity contribution is 5.90. The van der Waals surface area contributed by atoms with Crippen LogP contribution in [0.2, 0.25) is 0 Å². The normalized spacial score (nSPS) is 14.1. The number of hydrogen-bond donors (Lipinski definition) is 1. The van der Waals surface area contributed by atoms with Crippen molar-refractivity contribution in [1.29, 1.82) is 5.26 Å². The molecule has 2 aromatic carbocycles. The second-order valence-corrected chi connectivity index (χ2v) is 8.67. The van der Waals surface area contributed by atoms with E-state index < -0.39 is 0 Å². The van der Waals surface area contributed by atoms with Gasteiger partial charge in [-0.3, -0.25) is 4.79 Å². The zero-order valence-corrected chi connectivity index (χ0v) is 19.0. The Morgan fingerprint density at radius 2 is 1.84 bits per heavy atom. The van der Waals surface area contributed by atoms with Crippen LogP contribution in [0.3, 0.4) is 0 Å². The number of anilines is 1. The third-order valence-corrected chi connectivity index (χ3v) is 6.03. The Balaban J connectivity index is 1.47. The zero-order chi connectivity index (χ0) is 22.9. The average Bonchev–Trinajstić information content (AvgIpc) is 2.80. The van der Waals surface area contributed by atoms with Crippen molar-refractivity contribution in [3.63, 3.8) is 0 Å². The Morgan fingerprint density at radius 3 is 2.50 bits per heavy atom. The summed E-state index contributed by atoms with van der Waals surface area (Å²) in [6, 6.07) is 19.1. The molecule has 1 aliphatic heterocycles. The molecule has 0 atom stereocenters. The van der Waals surface area contributed by atoms with Gasteiger partial charge >= 0.3 is 6.03 Å². The van der Waals surface area contributed by atoms with Crippen LogP contribution in [0.4, 0.5) is 10.5 Å². The molecular weight excluding hydrogens is 400 g/mol. The second-order valence-electron chi connectivity index (χ2n) is 8.67. The van der Waals surface area contributed by atoms with Crippen molar-refractivity contribution in [2.24, 2.45) is 5.92 Å². The molecular formula is C26H32N4O2. The lowest BCUT2D eigenvalue weighted by Crippen LogP contribution is -2.44. The van der Waals surface area contributed by atoms with Crippen molar-refractivity contribution in [2.45, 2.75) is 45.6 Å². The number of carbonyl (C=O) groups is 2. The number of benzene rings is 2. The predicted molar refractivity (Wildman–Crippen MR) is 126 cm³/mol. The number of nitrogens with one attached hydrogen (secondary N) is 1. The van der Waals surface area contributed by atoms with Gasteiger partial charge in [0.2, 0.25) is 5.91 Å². The third-order valence-electron chi connectivity index (χ3n) is 6.03. The lowest BCUT2D eigenvalue weighted by Gasteiger charge is -2.33. The van der Waals surface area contributed by atoms with Gasteiger partial charge in [0.05, 0.1) is 11.6 Å². The van der Waals surface area contributed by atoms with Crippen molar-refractivity contribution in [1.82, 2.24) is 9.80 Å². The fourth-order valence-electron chi connectivity index (χ4n) is 4.16. The standard InChI is InChI=1S/C26H32N4O2/c1-20(2)30(26(32)28-24-10-6-9-23(18-24)19-27)16-13-25(31)29-14-11-22(12-15-29)17-21-7-4-3-5-8-21/h3-10,18,20,22H,11-17H2,1-2H3,(H,28,32). The maximum Gasteiger partial charge on any atom is 0.322 e. The number of piperidine rings is 1. The summed E-state index contributed by atoms with van der Waals surface area (Å²) in [6.45, 7) is 5.80. The Morgan fingerprint density at radius 1 is 1.12 bits per heavy atom. The topological polar surface area (TPSA) is 76.4 Å². The molecule has 0 aromatic heterocycles. The molecule has 0 spiro atoms. The predicted octanol–water partition coefficient (Wildman–Crippen LogP) is 4.67. The van der Waals surface area contributed by atoms with Crippen LogP contribution in [0.1, 0.15) is 44.2 Å². The molecule has 1 heterocycles. The fraction of sp³-hybridized carbons (Fsp3) is 0.423. The van der Waals surface area contributed by atoms with E-state index in [-0.39, 0.29) is 18.0 Å². The Kier molecular flexibility index (Phi) is 8.27. The maximum absolute atomic E-state index is 12.8. The minimum absolute atomic E-state index is 0.0430. The van der Waals surface area contributed by atoms with Gasteiger partial charge in [0.1, 0.15) is 0 Å². The van der Waals surface area contributed by atoms with Gasteiger partial charge in [-0.15, -0.1) is 0 Å². The van der Waals surface area contributed by atoms with Crippen LogP contribution in [-0.4, -0.2) is 47.4 Å². The van der Waals surface area contributed by atoms with Crippen molar-refractivity contribution < 1.29 is 9.59 Å². The van der Waals surface area contributed by atoms with Crippen LogP contribution >= 0.6 is 0 Å².